The minimum Gasteiger partial charge on any atom is -0.497 e. The maximum absolute atomic E-state index is 11.1. The summed E-state index contributed by atoms with van der Waals surface area (Å²) in [5.41, 5.74) is 2.27. The van der Waals surface area contributed by atoms with Crippen LogP contribution in [0.25, 0.3) is 0 Å². The minimum atomic E-state index is -0.108. The molecule has 0 bridgehead atoms. The second-order valence-electron chi connectivity index (χ2n) is 5.18. The Morgan fingerprint density at radius 1 is 1.32 bits per heavy atom. The molecule has 1 aromatic rings. The van der Waals surface area contributed by atoms with Crippen molar-refractivity contribution in [3.8, 4) is 5.75 Å². The van der Waals surface area contributed by atoms with Gasteiger partial charge in [0.15, 0.2) is 0 Å². The molecule has 1 rings (SSSR count). The van der Waals surface area contributed by atoms with Crippen LogP contribution < -0.4 is 4.74 Å². The molecule has 3 heteroatoms. The number of unbranched alkanes of at least 4 members (excludes halogenated alkanes) is 1. The highest BCUT2D eigenvalue weighted by molar-refractivity contribution is 5.63. The van der Waals surface area contributed by atoms with E-state index in [4.69, 9.17) is 9.47 Å². The smallest absolute Gasteiger partial charge is 0.127 e. The molecule has 0 saturated heterocycles. The van der Waals surface area contributed by atoms with E-state index in [0.29, 0.717) is 0 Å². The summed E-state index contributed by atoms with van der Waals surface area (Å²) in [7, 11) is 3.31. The number of hydrogen-bond donors (Lipinski definition) is 0. The Labute approximate surface area is 133 Å². The van der Waals surface area contributed by atoms with E-state index in [0.717, 1.165) is 42.6 Å². The zero-order valence-corrected chi connectivity index (χ0v) is 14.0. The summed E-state index contributed by atoms with van der Waals surface area (Å²) < 4.78 is 10.4. The van der Waals surface area contributed by atoms with Gasteiger partial charge in [-0.05, 0) is 61.6 Å². The molecular weight excluding hydrogens is 276 g/mol. The number of hydrogen-bond acceptors (Lipinski definition) is 3. The molecule has 1 atom stereocenters. The third-order valence-electron chi connectivity index (χ3n) is 3.67. The van der Waals surface area contributed by atoms with Gasteiger partial charge < -0.3 is 14.3 Å². The molecule has 120 valence electrons. The van der Waals surface area contributed by atoms with Crippen molar-refractivity contribution in [2.45, 2.75) is 39.0 Å². The Kier molecular flexibility index (Phi) is 8.05. The zero-order valence-electron chi connectivity index (χ0n) is 14.0. The molecular formula is C19H26O3. The van der Waals surface area contributed by atoms with Crippen molar-refractivity contribution in [1.29, 1.82) is 0 Å². The first kappa shape index (κ1) is 18.0. The van der Waals surface area contributed by atoms with Gasteiger partial charge in [0.05, 0.1) is 14.2 Å². The molecule has 3 nitrogen and oxygen atoms in total. The van der Waals surface area contributed by atoms with E-state index >= 15 is 0 Å². The lowest BCUT2D eigenvalue weighted by Crippen LogP contribution is -2.01. The molecule has 22 heavy (non-hydrogen) atoms. The maximum Gasteiger partial charge on any atom is 0.127 e. The van der Waals surface area contributed by atoms with Crippen molar-refractivity contribution in [2.24, 2.45) is 0 Å². The molecule has 0 N–H and O–H groups in total. The molecule has 0 amide bonds. The van der Waals surface area contributed by atoms with Gasteiger partial charge in [0.25, 0.3) is 0 Å². The Bertz CT molecular complexity index is 529. The summed E-state index contributed by atoms with van der Waals surface area (Å²) in [6.45, 7) is 3.87. The van der Waals surface area contributed by atoms with Gasteiger partial charge in [-0.2, -0.15) is 0 Å². The van der Waals surface area contributed by atoms with E-state index in [2.05, 4.69) is 12.1 Å². The van der Waals surface area contributed by atoms with Crippen LogP contribution in [0.4, 0.5) is 0 Å². The quantitative estimate of drug-likeness (QED) is 0.293. The van der Waals surface area contributed by atoms with Gasteiger partial charge in [-0.15, -0.1) is 0 Å². The minimum absolute atomic E-state index is 0.108. The lowest BCUT2D eigenvalue weighted by molar-refractivity contribution is -0.108. The maximum atomic E-state index is 11.1. The van der Waals surface area contributed by atoms with Crippen LogP contribution in [0.15, 0.2) is 42.2 Å². The second kappa shape index (κ2) is 9.82. The lowest BCUT2D eigenvalue weighted by atomic mass is 9.93. The van der Waals surface area contributed by atoms with Crippen LogP contribution >= 0.6 is 0 Å². The summed E-state index contributed by atoms with van der Waals surface area (Å²) in [6, 6.07) is 5.98. The normalized spacial score (nSPS) is 13.2. The summed E-state index contributed by atoms with van der Waals surface area (Å²) in [6.07, 6.45) is 9.97. The van der Waals surface area contributed by atoms with Gasteiger partial charge in [-0.25, -0.2) is 0 Å². The largest absolute Gasteiger partial charge is 0.497 e. The van der Waals surface area contributed by atoms with Crippen LogP contribution in [0.3, 0.4) is 0 Å². The Morgan fingerprint density at radius 2 is 2.09 bits per heavy atom. The van der Waals surface area contributed by atoms with Crippen molar-refractivity contribution in [2.75, 3.05) is 14.2 Å². The van der Waals surface area contributed by atoms with Crippen LogP contribution in [-0.2, 0) is 16.0 Å². The average molecular weight is 302 g/mol. The third-order valence-corrected chi connectivity index (χ3v) is 3.67. The predicted octanol–water partition coefficient (Wildman–Crippen LogP) is 4.43. The lowest BCUT2D eigenvalue weighted by Gasteiger charge is -2.13. The van der Waals surface area contributed by atoms with E-state index in [1.165, 1.54) is 5.56 Å². The van der Waals surface area contributed by atoms with E-state index in [1.807, 2.05) is 38.1 Å². The van der Waals surface area contributed by atoms with Crippen molar-refractivity contribution >= 4 is 6.29 Å². The second-order valence-corrected chi connectivity index (χ2v) is 5.18. The predicted molar refractivity (Wildman–Crippen MR) is 90.3 cm³/mol. The number of aldehydes is 1. The fourth-order valence-corrected chi connectivity index (χ4v) is 2.32. The first-order valence-corrected chi connectivity index (χ1v) is 7.65. The Balaban J connectivity index is 2.67. The summed E-state index contributed by atoms with van der Waals surface area (Å²) in [5.74, 6) is 1.56. The van der Waals surface area contributed by atoms with Gasteiger partial charge in [0, 0.05) is 5.92 Å². The van der Waals surface area contributed by atoms with E-state index in [9.17, 15) is 4.79 Å². The number of allylic oxidation sites excluding steroid dienone is 3. The highest BCUT2D eigenvalue weighted by Gasteiger charge is 2.11. The van der Waals surface area contributed by atoms with Crippen molar-refractivity contribution in [3.63, 3.8) is 0 Å². The summed E-state index contributed by atoms with van der Waals surface area (Å²) in [4.78, 5) is 11.1. The standard InChI is InChI=1S/C19H26O3/c1-5-17(21-3)10-8-6-7-9-16-11-12-18(22-4)13-19(16)15(2)14-20/h5,8,10-15H,6-7,9H2,1-4H3/b10-8+,17-5-. The molecule has 0 aliphatic carbocycles. The number of rotatable bonds is 9. The number of benzene rings is 1. The van der Waals surface area contributed by atoms with Gasteiger partial charge in [0.1, 0.15) is 17.8 Å². The molecule has 0 aliphatic heterocycles. The SMILES string of the molecule is C/C=C(/C=C/CCCc1ccc(OC)cc1C(C)C=O)OC. The third kappa shape index (κ3) is 5.40. The van der Waals surface area contributed by atoms with Crippen LogP contribution in [0.2, 0.25) is 0 Å². The van der Waals surface area contributed by atoms with Crippen molar-refractivity contribution in [1.82, 2.24) is 0 Å². The number of methoxy groups -OCH3 is 2. The van der Waals surface area contributed by atoms with Gasteiger partial charge in [-0.1, -0.05) is 19.1 Å². The molecule has 1 unspecified atom stereocenters. The molecule has 0 saturated carbocycles. The van der Waals surface area contributed by atoms with E-state index in [-0.39, 0.29) is 5.92 Å². The van der Waals surface area contributed by atoms with Crippen LogP contribution in [0, 0.1) is 0 Å². The Hall–Kier alpha value is -2.03. The van der Waals surface area contributed by atoms with Crippen molar-refractivity contribution < 1.29 is 14.3 Å². The van der Waals surface area contributed by atoms with Gasteiger partial charge in [0.2, 0.25) is 0 Å². The molecule has 0 fully saturated rings. The number of aryl methyl sites for hydroxylation is 1. The topological polar surface area (TPSA) is 35.5 Å². The van der Waals surface area contributed by atoms with Crippen molar-refractivity contribution in [3.05, 3.63) is 53.3 Å². The highest BCUT2D eigenvalue weighted by atomic mass is 16.5. The molecule has 1 aromatic carbocycles. The van der Waals surface area contributed by atoms with Crippen LogP contribution in [0.1, 0.15) is 43.7 Å². The van der Waals surface area contributed by atoms with E-state index < -0.39 is 0 Å². The summed E-state index contributed by atoms with van der Waals surface area (Å²) >= 11 is 0. The Morgan fingerprint density at radius 3 is 2.68 bits per heavy atom. The van der Waals surface area contributed by atoms with Crippen LogP contribution in [-0.4, -0.2) is 20.5 Å². The fraction of sp³-hybridized carbons (Fsp3) is 0.421. The molecule has 0 aromatic heterocycles. The van der Waals surface area contributed by atoms with Crippen LogP contribution in [0.5, 0.6) is 5.75 Å². The fourth-order valence-electron chi connectivity index (χ4n) is 2.32. The van der Waals surface area contributed by atoms with Gasteiger partial charge in [-0.3, -0.25) is 0 Å². The number of ether oxygens (including phenoxy) is 2. The van der Waals surface area contributed by atoms with Gasteiger partial charge >= 0.3 is 0 Å². The highest BCUT2D eigenvalue weighted by Crippen LogP contribution is 2.25. The first-order valence-electron chi connectivity index (χ1n) is 7.65. The number of carbonyl (C=O) groups excluding carboxylic acids is 1. The first-order chi connectivity index (χ1) is 10.7. The molecule has 0 aliphatic rings. The molecule has 0 heterocycles. The molecule has 0 radical (unpaired) electrons. The molecule has 0 spiro atoms. The van der Waals surface area contributed by atoms with E-state index in [1.54, 1.807) is 14.2 Å². The average Bonchev–Trinajstić information content (AvgIpc) is 2.57. The number of carbonyl (C=O) groups is 1. The summed E-state index contributed by atoms with van der Waals surface area (Å²) in [5, 5.41) is 0. The monoisotopic (exact) mass is 302 g/mol. The zero-order chi connectivity index (χ0) is 16.4.